The van der Waals surface area contributed by atoms with Crippen LogP contribution in [0, 0.1) is 0 Å². The number of ketones is 2. The summed E-state index contributed by atoms with van der Waals surface area (Å²) in [6.45, 7) is 3.92. The maximum absolute atomic E-state index is 12.1. The van der Waals surface area contributed by atoms with Crippen molar-refractivity contribution in [3.8, 4) is 11.5 Å². The molecule has 0 fully saturated rings. The number of benzene rings is 2. The summed E-state index contributed by atoms with van der Waals surface area (Å²) in [5.41, 5.74) is 0.991. The monoisotopic (exact) mass is 298 g/mol. The molecule has 0 aliphatic rings. The van der Waals surface area contributed by atoms with Crippen LogP contribution in [0.1, 0.15) is 34.6 Å². The van der Waals surface area contributed by atoms with Crippen LogP contribution in [0.5, 0.6) is 11.5 Å². The molecule has 22 heavy (non-hydrogen) atoms. The van der Waals surface area contributed by atoms with Gasteiger partial charge in [-0.1, -0.05) is 18.2 Å². The van der Waals surface area contributed by atoms with Crippen LogP contribution in [0.4, 0.5) is 0 Å². The average molecular weight is 298 g/mol. The molecule has 0 radical (unpaired) electrons. The number of Topliss-reactive ketones (excluding diaryl/α,β-unsaturated/α-hetero) is 2. The molecule has 114 valence electrons. The van der Waals surface area contributed by atoms with E-state index in [0.717, 1.165) is 5.75 Å². The molecule has 0 saturated heterocycles. The van der Waals surface area contributed by atoms with Crippen LogP contribution in [0.2, 0.25) is 0 Å². The standard InChI is InChI=1S/C18H18O4/c1-3-21-16-7-9-17(10-8-16)22-12-18(20)15-6-4-5-14(11-15)13(2)19/h4-11H,3,12H2,1-2H3. The number of carbonyl (C=O) groups excluding carboxylic acids is 2. The molecule has 4 nitrogen and oxygen atoms in total. The maximum atomic E-state index is 12.1. The van der Waals surface area contributed by atoms with Gasteiger partial charge < -0.3 is 9.47 Å². The third-order valence-corrected chi connectivity index (χ3v) is 3.10. The number of carbonyl (C=O) groups is 2. The van der Waals surface area contributed by atoms with Crippen molar-refractivity contribution in [2.45, 2.75) is 13.8 Å². The van der Waals surface area contributed by atoms with Crippen molar-refractivity contribution in [3.63, 3.8) is 0 Å². The Balaban J connectivity index is 1.97. The summed E-state index contributed by atoms with van der Waals surface area (Å²) in [5.74, 6) is 1.12. The normalized spacial score (nSPS) is 10.1. The number of hydrogen-bond donors (Lipinski definition) is 0. The first kappa shape index (κ1) is 15.8. The van der Waals surface area contributed by atoms with E-state index < -0.39 is 0 Å². The summed E-state index contributed by atoms with van der Waals surface area (Å²) in [4.78, 5) is 23.4. The Bertz CT molecular complexity index is 659. The van der Waals surface area contributed by atoms with Crippen LogP contribution in [-0.2, 0) is 0 Å². The van der Waals surface area contributed by atoms with Crippen LogP contribution >= 0.6 is 0 Å². The molecule has 4 heteroatoms. The fraction of sp³-hybridized carbons (Fsp3) is 0.222. The van der Waals surface area contributed by atoms with Gasteiger partial charge in [-0.05, 0) is 44.2 Å². The lowest BCUT2D eigenvalue weighted by Crippen LogP contribution is -2.12. The molecule has 0 saturated carbocycles. The van der Waals surface area contributed by atoms with E-state index in [1.54, 1.807) is 48.5 Å². The van der Waals surface area contributed by atoms with E-state index in [1.807, 2.05) is 6.92 Å². The Morgan fingerprint density at radius 2 is 1.50 bits per heavy atom. The molecule has 2 aromatic carbocycles. The molecule has 2 rings (SSSR count). The number of rotatable bonds is 7. The van der Waals surface area contributed by atoms with Gasteiger partial charge in [0.2, 0.25) is 0 Å². The van der Waals surface area contributed by atoms with Crippen LogP contribution in [-0.4, -0.2) is 24.8 Å². The van der Waals surface area contributed by atoms with E-state index in [0.29, 0.717) is 23.5 Å². The zero-order valence-electron chi connectivity index (χ0n) is 12.7. The van der Waals surface area contributed by atoms with E-state index >= 15 is 0 Å². The maximum Gasteiger partial charge on any atom is 0.200 e. The van der Waals surface area contributed by atoms with Crippen molar-refractivity contribution in [1.29, 1.82) is 0 Å². The lowest BCUT2D eigenvalue weighted by Gasteiger charge is -2.07. The highest BCUT2D eigenvalue weighted by atomic mass is 16.5. The van der Waals surface area contributed by atoms with Gasteiger partial charge in [-0.15, -0.1) is 0 Å². The molecule has 2 aromatic rings. The molecule has 0 atom stereocenters. The van der Waals surface area contributed by atoms with Gasteiger partial charge in [0, 0.05) is 11.1 Å². The van der Waals surface area contributed by atoms with E-state index in [9.17, 15) is 9.59 Å². The van der Waals surface area contributed by atoms with Crippen molar-refractivity contribution in [3.05, 3.63) is 59.7 Å². The molecule has 0 bridgehead atoms. The van der Waals surface area contributed by atoms with Gasteiger partial charge in [0.05, 0.1) is 6.61 Å². The van der Waals surface area contributed by atoms with Gasteiger partial charge in [-0.3, -0.25) is 9.59 Å². The summed E-state index contributed by atoms with van der Waals surface area (Å²) in [6, 6.07) is 13.7. The fourth-order valence-corrected chi connectivity index (χ4v) is 1.94. The number of hydrogen-bond acceptors (Lipinski definition) is 4. The highest BCUT2D eigenvalue weighted by Gasteiger charge is 2.09. The molecule has 0 spiro atoms. The smallest absolute Gasteiger partial charge is 0.200 e. The first-order valence-corrected chi connectivity index (χ1v) is 7.10. The fourth-order valence-electron chi connectivity index (χ4n) is 1.94. The molecule has 0 heterocycles. The Hall–Kier alpha value is -2.62. The molecular formula is C18H18O4. The second-order valence-electron chi connectivity index (χ2n) is 4.75. The van der Waals surface area contributed by atoms with Crippen LogP contribution in [0.3, 0.4) is 0 Å². The summed E-state index contributed by atoms with van der Waals surface area (Å²) in [5, 5.41) is 0. The minimum absolute atomic E-state index is 0.0675. The molecule has 0 aromatic heterocycles. The van der Waals surface area contributed by atoms with Crippen LogP contribution < -0.4 is 9.47 Å². The lowest BCUT2D eigenvalue weighted by atomic mass is 10.1. The van der Waals surface area contributed by atoms with Crippen LogP contribution in [0.15, 0.2) is 48.5 Å². The summed E-state index contributed by atoms with van der Waals surface area (Å²) < 4.78 is 10.8. The molecule has 0 aliphatic heterocycles. The van der Waals surface area contributed by atoms with Crippen molar-refractivity contribution in [1.82, 2.24) is 0 Å². The minimum atomic E-state index is -0.169. The largest absolute Gasteiger partial charge is 0.494 e. The zero-order chi connectivity index (χ0) is 15.9. The van der Waals surface area contributed by atoms with Crippen molar-refractivity contribution < 1.29 is 19.1 Å². The average Bonchev–Trinajstić information content (AvgIpc) is 2.54. The van der Waals surface area contributed by atoms with E-state index in [4.69, 9.17) is 9.47 Å². The van der Waals surface area contributed by atoms with Gasteiger partial charge in [-0.25, -0.2) is 0 Å². The second kappa shape index (κ2) is 7.41. The summed E-state index contributed by atoms with van der Waals surface area (Å²) >= 11 is 0. The molecule has 0 aliphatic carbocycles. The minimum Gasteiger partial charge on any atom is -0.494 e. The van der Waals surface area contributed by atoms with Crippen molar-refractivity contribution >= 4 is 11.6 Å². The first-order valence-electron chi connectivity index (χ1n) is 7.10. The van der Waals surface area contributed by atoms with Gasteiger partial charge in [0.25, 0.3) is 0 Å². The van der Waals surface area contributed by atoms with Gasteiger partial charge in [0.15, 0.2) is 18.2 Å². The van der Waals surface area contributed by atoms with Crippen LogP contribution in [0.25, 0.3) is 0 Å². The highest BCUT2D eigenvalue weighted by Crippen LogP contribution is 2.18. The highest BCUT2D eigenvalue weighted by molar-refractivity contribution is 6.01. The summed E-state index contributed by atoms with van der Waals surface area (Å²) in [7, 11) is 0. The topological polar surface area (TPSA) is 52.6 Å². The summed E-state index contributed by atoms with van der Waals surface area (Å²) in [6.07, 6.45) is 0. The predicted octanol–water partition coefficient (Wildman–Crippen LogP) is 3.55. The quantitative estimate of drug-likeness (QED) is 0.734. The van der Waals surface area contributed by atoms with Crippen molar-refractivity contribution in [2.75, 3.05) is 13.2 Å². The SMILES string of the molecule is CCOc1ccc(OCC(=O)c2cccc(C(C)=O)c2)cc1. The molecule has 0 unspecified atom stereocenters. The third-order valence-electron chi connectivity index (χ3n) is 3.10. The second-order valence-corrected chi connectivity index (χ2v) is 4.75. The van der Waals surface area contributed by atoms with E-state index in [-0.39, 0.29) is 18.2 Å². The predicted molar refractivity (Wildman–Crippen MR) is 83.9 cm³/mol. The zero-order valence-corrected chi connectivity index (χ0v) is 12.7. The first-order chi connectivity index (χ1) is 10.6. The molecule has 0 N–H and O–H groups in total. The Morgan fingerprint density at radius 1 is 0.909 bits per heavy atom. The van der Waals surface area contributed by atoms with E-state index in [2.05, 4.69) is 0 Å². The Kier molecular flexibility index (Phi) is 5.31. The Morgan fingerprint density at radius 3 is 2.09 bits per heavy atom. The van der Waals surface area contributed by atoms with Gasteiger partial charge in [-0.2, -0.15) is 0 Å². The van der Waals surface area contributed by atoms with Crippen molar-refractivity contribution in [2.24, 2.45) is 0 Å². The van der Waals surface area contributed by atoms with E-state index in [1.165, 1.54) is 6.92 Å². The third kappa shape index (κ3) is 4.19. The Labute approximate surface area is 129 Å². The van der Waals surface area contributed by atoms with Gasteiger partial charge >= 0.3 is 0 Å². The van der Waals surface area contributed by atoms with Gasteiger partial charge in [0.1, 0.15) is 11.5 Å². The molecular weight excluding hydrogens is 280 g/mol. The number of ether oxygens (including phenoxy) is 2. The molecule has 0 amide bonds. The lowest BCUT2D eigenvalue weighted by molar-refractivity contribution is 0.0921.